The Hall–Kier alpha value is -0.490. The van der Waals surface area contributed by atoms with Gasteiger partial charge in [-0.05, 0) is 47.2 Å². The summed E-state index contributed by atoms with van der Waals surface area (Å²) in [5.74, 6) is -0.00642. The minimum Gasteiger partial charge on any atom is -0.375 e. The summed E-state index contributed by atoms with van der Waals surface area (Å²) in [6.45, 7) is 3.08. The molecule has 0 radical (unpaired) electrons. The van der Waals surface area contributed by atoms with Crippen molar-refractivity contribution in [1.29, 1.82) is 0 Å². The number of hydrogen-bond acceptors (Lipinski definition) is 2. The Bertz CT molecular complexity index is 385. The van der Waals surface area contributed by atoms with E-state index in [1.54, 1.807) is 0 Å². The monoisotopic (exact) mass is 366 g/mol. The van der Waals surface area contributed by atoms with Crippen molar-refractivity contribution in [3.63, 3.8) is 0 Å². The summed E-state index contributed by atoms with van der Waals surface area (Å²) in [6.07, 6.45) is 2.09. The highest BCUT2D eigenvalue weighted by Gasteiger charge is 2.03. The van der Waals surface area contributed by atoms with Gasteiger partial charge in [-0.2, -0.15) is 0 Å². The summed E-state index contributed by atoms with van der Waals surface area (Å²) >= 11 is 8.24. The zero-order valence-electron chi connectivity index (χ0n) is 9.72. The third-order valence-electron chi connectivity index (χ3n) is 2.22. The molecular formula is C12H16ClIN2O. The number of unbranched alkanes of at least 4 members (excludes halogenated alkanes) is 1. The number of rotatable bonds is 6. The normalized spacial score (nSPS) is 10.1. The van der Waals surface area contributed by atoms with E-state index >= 15 is 0 Å². The molecule has 2 N–H and O–H groups in total. The molecule has 0 unspecified atom stereocenters. The highest BCUT2D eigenvalue weighted by atomic mass is 127. The van der Waals surface area contributed by atoms with Crippen molar-refractivity contribution in [3.05, 3.63) is 26.8 Å². The standard InChI is InChI=1S/C12H16ClIN2O/c1-2-3-6-15-12(17)8-16-11-5-4-9(14)7-10(11)13/h4-5,7,16H,2-3,6,8H2,1H3,(H,15,17). The summed E-state index contributed by atoms with van der Waals surface area (Å²) in [5, 5.41) is 6.50. The van der Waals surface area contributed by atoms with Crippen molar-refractivity contribution in [2.24, 2.45) is 0 Å². The van der Waals surface area contributed by atoms with Crippen molar-refractivity contribution in [1.82, 2.24) is 5.32 Å². The first-order chi connectivity index (χ1) is 8.13. The number of anilines is 1. The third-order valence-corrected chi connectivity index (χ3v) is 3.21. The first-order valence-electron chi connectivity index (χ1n) is 5.59. The van der Waals surface area contributed by atoms with Gasteiger partial charge in [0.2, 0.25) is 5.91 Å². The molecular weight excluding hydrogens is 351 g/mol. The average Bonchev–Trinajstić information content (AvgIpc) is 2.28. The molecule has 3 nitrogen and oxygen atoms in total. The number of halogens is 2. The van der Waals surface area contributed by atoms with Crippen LogP contribution in [-0.4, -0.2) is 19.0 Å². The second kappa shape index (κ2) is 7.76. The van der Waals surface area contributed by atoms with Crippen LogP contribution in [0.25, 0.3) is 0 Å². The van der Waals surface area contributed by atoms with Crippen molar-refractivity contribution < 1.29 is 4.79 Å². The van der Waals surface area contributed by atoms with E-state index in [4.69, 9.17) is 11.6 Å². The Labute approximate surface area is 120 Å². The molecule has 0 spiro atoms. The fourth-order valence-corrected chi connectivity index (χ4v) is 2.20. The Kier molecular flexibility index (Phi) is 6.65. The van der Waals surface area contributed by atoms with Crippen molar-refractivity contribution >= 4 is 45.8 Å². The molecule has 0 fully saturated rings. The van der Waals surface area contributed by atoms with Crippen LogP contribution in [0.2, 0.25) is 5.02 Å². The molecule has 0 atom stereocenters. The first kappa shape index (κ1) is 14.6. The predicted octanol–water partition coefficient (Wildman–Crippen LogP) is 3.27. The van der Waals surface area contributed by atoms with Crippen LogP contribution < -0.4 is 10.6 Å². The number of nitrogens with one attached hydrogen (secondary N) is 2. The molecule has 94 valence electrons. The Morgan fingerprint density at radius 2 is 2.24 bits per heavy atom. The largest absolute Gasteiger partial charge is 0.375 e. The highest BCUT2D eigenvalue weighted by Crippen LogP contribution is 2.23. The Morgan fingerprint density at radius 1 is 1.47 bits per heavy atom. The summed E-state index contributed by atoms with van der Waals surface area (Å²) in [4.78, 5) is 11.5. The maximum Gasteiger partial charge on any atom is 0.239 e. The van der Waals surface area contributed by atoms with E-state index in [2.05, 4.69) is 40.1 Å². The van der Waals surface area contributed by atoms with Gasteiger partial charge in [0, 0.05) is 10.1 Å². The molecule has 0 saturated carbocycles. The molecule has 0 aliphatic carbocycles. The van der Waals surface area contributed by atoms with Gasteiger partial charge in [-0.1, -0.05) is 24.9 Å². The smallest absolute Gasteiger partial charge is 0.239 e. The van der Waals surface area contributed by atoms with Gasteiger partial charge in [0.25, 0.3) is 0 Å². The molecule has 0 saturated heterocycles. The van der Waals surface area contributed by atoms with Crippen LogP contribution in [0.5, 0.6) is 0 Å². The topological polar surface area (TPSA) is 41.1 Å². The van der Waals surface area contributed by atoms with Crippen molar-refractivity contribution in [2.75, 3.05) is 18.4 Å². The number of amides is 1. The minimum absolute atomic E-state index is 0.00642. The van der Waals surface area contributed by atoms with E-state index < -0.39 is 0 Å². The SMILES string of the molecule is CCCCNC(=O)CNc1ccc(I)cc1Cl. The molecule has 17 heavy (non-hydrogen) atoms. The summed E-state index contributed by atoms with van der Waals surface area (Å²) in [6, 6.07) is 5.69. The molecule has 1 amide bonds. The summed E-state index contributed by atoms with van der Waals surface area (Å²) < 4.78 is 1.07. The lowest BCUT2D eigenvalue weighted by atomic mass is 10.3. The molecule has 0 aromatic heterocycles. The molecule has 1 aromatic carbocycles. The molecule has 5 heteroatoms. The maximum absolute atomic E-state index is 11.5. The second-order valence-corrected chi connectivity index (χ2v) is 5.33. The Morgan fingerprint density at radius 3 is 2.88 bits per heavy atom. The molecule has 0 bridgehead atoms. The second-order valence-electron chi connectivity index (χ2n) is 3.68. The van der Waals surface area contributed by atoms with Crippen LogP contribution in [0, 0.1) is 3.57 Å². The van der Waals surface area contributed by atoms with E-state index in [1.165, 1.54) is 0 Å². The number of benzene rings is 1. The number of carbonyl (C=O) groups is 1. The molecule has 0 aliphatic heterocycles. The average molecular weight is 367 g/mol. The highest BCUT2D eigenvalue weighted by molar-refractivity contribution is 14.1. The van der Waals surface area contributed by atoms with Crippen LogP contribution >= 0.6 is 34.2 Å². The molecule has 1 rings (SSSR count). The maximum atomic E-state index is 11.5. The van der Waals surface area contributed by atoms with E-state index in [0.29, 0.717) is 5.02 Å². The van der Waals surface area contributed by atoms with E-state index in [1.807, 2.05) is 18.2 Å². The van der Waals surface area contributed by atoms with Crippen LogP contribution in [0.4, 0.5) is 5.69 Å². The van der Waals surface area contributed by atoms with E-state index in [0.717, 1.165) is 28.6 Å². The quantitative estimate of drug-likeness (QED) is 0.599. The molecule has 0 heterocycles. The van der Waals surface area contributed by atoms with Crippen LogP contribution in [0.1, 0.15) is 19.8 Å². The lowest BCUT2D eigenvalue weighted by Crippen LogP contribution is -2.30. The zero-order valence-corrected chi connectivity index (χ0v) is 12.6. The fourth-order valence-electron chi connectivity index (χ4n) is 1.28. The van der Waals surface area contributed by atoms with Gasteiger partial charge in [0.1, 0.15) is 0 Å². The van der Waals surface area contributed by atoms with Crippen LogP contribution in [0.15, 0.2) is 18.2 Å². The Balaban J connectivity index is 2.37. The predicted molar refractivity (Wildman–Crippen MR) is 80.6 cm³/mol. The molecule has 1 aromatic rings. The third kappa shape index (κ3) is 5.59. The number of hydrogen-bond donors (Lipinski definition) is 2. The lowest BCUT2D eigenvalue weighted by molar-refractivity contribution is -0.119. The van der Waals surface area contributed by atoms with Gasteiger partial charge in [-0.3, -0.25) is 4.79 Å². The minimum atomic E-state index is -0.00642. The van der Waals surface area contributed by atoms with Gasteiger partial charge in [0.15, 0.2) is 0 Å². The lowest BCUT2D eigenvalue weighted by Gasteiger charge is -2.09. The first-order valence-corrected chi connectivity index (χ1v) is 7.04. The zero-order chi connectivity index (χ0) is 12.7. The van der Waals surface area contributed by atoms with Crippen molar-refractivity contribution in [2.45, 2.75) is 19.8 Å². The van der Waals surface area contributed by atoms with E-state index in [9.17, 15) is 4.79 Å². The summed E-state index contributed by atoms with van der Waals surface area (Å²) in [7, 11) is 0. The van der Waals surface area contributed by atoms with Gasteiger partial charge in [0.05, 0.1) is 17.3 Å². The van der Waals surface area contributed by atoms with Gasteiger partial charge in [-0.25, -0.2) is 0 Å². The van der Waals surface area contributed by atoms with Gasteiger partial charge in [-0.15, -0.1) is 0 Å². The van der Waals surface area contributed by atoms with Crippen molar-refractivity contribution in [3.8, 4) is 0 Å². The van der Waals surface area contributed by atoms with Crippen LogP contribution in [-0.2, 0) is 4.79 Å². The molecule has 0 aliphatic rings. The van der Waals surface area contributed by atoms with Gasteiger partial charge >= 0.3 is 0 Å². The van der Waals surface area contributed by atoms with Gasteiger partial charge < -0.3 is 10.6 Å². The van der Waals surface area contributed by atoms with Crippen LogP contribution in [0.3, 0.4) is 0 Å². The fraction of sp³-hybridized carbons (Fsp3) is 0.417. The number of carbonyl (C=O) groups excluding carboxylic acids is 1. The van der Waals surface area contributed by atoms with E-state index in [-0.39, 0.29) is 12.5 Å². The summed E-state index contributed by atoms with van der Waals surface area (Å²) in [5.41, 5.74) is 0.790.